The molecule has 0 aliphatic heterocycles. The summed E-state index contributed by atoms with van der Waals surface area (Å²) in [7, 11) is 1.36. The smallest absolute Gasteiger partial charge is 0.337 e. The molecule has 0 saturated heterocycles. The third-order valence-corrected chi connectivity index (χ3v) is 3.90. The second-order valence-electron chi connectivity index (χ2n) is 4.70. The number of carbonyl (C=O) groups excluding carboxylic acids is 2. The Labute approximate surface area is 143 Å². The lowest BCUT2D eigenvalue weighted by molar-refractivity contribution is 0.0600. The maximum Gasteiger partial charge on any atom is 0.337 e. The van der Waals surface area contributed by atoms with E-state index in [0.717, 1.165) is 9.13 Å². The highest BCUT2D eigenvalue weighted by molar-refractivity contribution is 14.1. The van der Waals surface area contributed by atoms with E-state index in [4.69, 9.17) is 0 Å². The summed E-state index contributed by atoms with van der Waals surface area (Å²) in [4.78, 5) is 23.3. The number of hydrogen-bond acceptors (Lipinski definition) is 3. The first-order chi connectivity index (χ1) is 10.6. The minimum atomic E-state index is -0.349. The van der Waals surface area contributed by atoms with E-state index in [1.807, 2.05) is 36.4 Å². The third kappa shape index (κ3) is 4.56. The lowest BCUT2D eigenvalue weighted by Gasteiger charge is -2.06. The Balaban J connectivity index is 1.84. The number of methoxy groups -OCH3 is 1. The summed E-state index contributed by atoms with van der Waals surface area (Å²) in [6.45, 7) is 0.544. The highest BCUT2D eigenvalue weighted by Crippen LogP contribution is 2.08. The van der Waals surface area contributed by atoms with Gasteiger partial charge in [-0.2, -0.15) is 0 Å². The maximum absolute atomic E-state index is 12.0. The number of amides is 1. The number of carbonyl (C=O) groups is 2. The van der Waals surface area contributed by atoms with Crippen LogP contribution in [0.3, 0.4) is 0 Å². The molecule has 0 atom stereocenters. The molecule has 2 rings (SSSR count). The van der Waals surface area contributed by atoms with Crippen LogP contribution in [0.2, 0.25) is 0 Å². The second kappa shape index (κ2) is 7.93. The van der Waals surface area contributed by atoms with Crippen LogP contribution >= 0.6 is 22.6 Å². The van der Waals surface area contributed by atoms with E-state index >= 15 is 0 Å². The Morgan fingerprint density at radius 1 is 1.00 bits per heavy atom. The van der Waals surface area contributed by atoms with Crippen LogP contribution in [0.4, 0.5) is 0 Å². The van der Waals surface area contributed by atoms with Gasteiger partial charge in [-0.1, -0.05) is 12.1 Å². The van der Waals surface area contributed by atoms with E-state index in [0.29, 0.717) is 24.1 Å². The Hall–Kier alpha value is -1.89. The van der Waals surface area contributed by atoms with Gasteiger partial charge in [-0.05, 0) is 71.0 Å². The van der Waals surface area contributed by atoms with E-state index in [9.17, 15) is 9.59 Å². The van der Waals surface area contributed by atoms with Gasteiger partial charge in [-0.15, -0.1) is 0 Å². The quantitative estimate of drug-likeness (QED) is 0.610. The molecule has 0 aliphatic carbocycles. The molecule has 114 valence electrons. The minimum Gasteiger partial charge on any atom is -0.465 e. The molecule has 2 aromatic rings. The van der Waals surface area contributed by atoms with Crippen LogP contribution in [0.25, 0.3) is 0 Å². The van der Waals surface area contributed by atoms with Gasteiger partial charge in [0.15, 0.2) is 0 Å². The van der Waals surface area contributed by atoms with Gasteiger partial charge in [0, 0.05) is 15.7 Å². The first-order valence-corrected chi connectivity index (χ1v) is 7.89. The van der Waals surface area contributed by atoms with Gasteiger partial charge in [0.25, 0.3) is 5.91 Å². The molecule has 2 aromatic carbocycles. The third-order valence-electron chi connectivity index (χ3n) is 3.18. The van der Waals surface area contributed by atoms with Gasteiger partial charge < -0.3 is 10.1 Å². The van der Waals surface area contributed by atoms with Gasteiger partial charge in [-0.3, -0.25) is 4.79 Å². The summed E-state index contributed by atoms with van der Waals surface area (Å²) < 4.78 is 5.75. The summed E-state index contributed by atoms with van der Waals surface area (Å²) in [5, 5.41) is 2.88. The molecule has 0 heterocycles. The first-order valence-electron chi connectivity index (χ1n) is 6.81. The van der Waals surface area contributed by atoms with Crippen molar-refractivity contribution in [2.75, 3.05) is 13.7 Å². The Kier molecular flexibility index (Phi) is 5.94. The van der Waals surface area contributed by atoms with Crippen molar-refractivity contribution in [1.29, 1.82) is 0 Å². The van der Waals surface area contributed by atoms with Crippen molar-refractivity contribution in [3.63, 3.8) is 0 Å². The zero-order valence-electron chi connectivity index (χ0n) is 12.1. The van der Waals surface area contributed by atoms with Crippen molar-refractivity contribution in [1.82, 2.24) is 5.32 Å². The van der Waals surface area contributed by atoms with Gasteiger partial charge in [-0.25, -0.2) is 4.79 Å². The SMILES string of the molecule is COC(=O)c1ccc(CCNC(=O)c2ccc(I)cc2)cc1. The standard InChI is InChI=1S/C17H16INO3/c1-22-17(21)14-4-2-12(3-5-14)10-11-19-16(20)13-6-8-15(18)9-7-13/h2-9H,10-11H2,1H3,(H,19,20). The van der Waals surface area contributed by atoms with Crippen molar-refractivity contribution in [2.45, 2.75) is 6.42 Å². The van der Waals surface area contributed by atoms with Crippen molar-refractivity contribution < 1.29 is 14.3 Å². The van der Waals surface area contributed by atoms with Crippen LogP contribution in [0.1, 0.15) is 26.3 Å². The zero-order valence-corrected chi connectivity index (χ0v) is 14.3. The van der Waals surface area contributed by atoms with Crippen molar-refractivity contribution in [3.05, 3.63) is 68.8 Å². The summed E-state index contributed by atoms with van der Waals surface area (Å²) in [6, 6.07) is 14.6. The molecule has 1 amide bonds. The van der Waals surface area contributed by atoms with Crippen LogP contribution in [0.15, 0.2) is 48.5 Å². The summed E-state index contributed by atoms with van der Waals surface area (Å²) >= 11 is 2.20. The Morgan fingerprint density at radius 2 is 1.59 bits per heavy atom. The number of nitrogens with one attached hydrogen (secondary N) is 1. The number of hydrogen-bond donors (Lipinski definition) is 1. The molecule has 5 heteroatoms. The summed E-state index contributed by atoms with van der Waals surface area (Å²) in [5.74, 6) is -0.429. The number of halogens is 1. The monoisotopic (exact) mass is 409 g/mol. The normalized spacial score (nSPS) is 10.1. The highest BCUT2D eigenvalue weighted by Gasteiger charge is 2.06. The molecule has 1 N–H and O–H groups in total. The van der Waals surface area contributed by atoms with E-state index in [2.05, 4.69) is 32.6 Å². The fraction of sp³-hybridized carbons (Fsp3) is 0.176. The minimum absolute atomic E-state index is 0.0809. The van der Waals surface area contributed by atoms with Gasteiger partial charge in [0.2, 0.25) is 0 Å². The fourth-order valence-electron chi connectivity index (χ4n) is 1.95. The molecule has 0 saturated carbocycles. The maximum atomic E-state index is 12.0. The zero-order chi connectivity index (χ0) is 15.9. The highest BCUT2D eigenvalue weighted by atomic mass is 127. The molecular formula is C17H16INO3. The van der Waals surface area contributed by atoms with Gasteiger partial charge in [0.05, 0.1) is 12.7 Å². The van der Waals surface area contributed by atoms with Crippen molar-refractivity contribution in [3.8, 4) is 0 Å². The number of ether oxygens (including phenoxy) is 1. The van der Waals surface area contributed by atoms with E-state index in [-0.39, 0.29) is 11.9 Å². The average Bonchev–Trinajstić information content (AvgIpc) is 2.55. The molecule has 0 radical (unpaired) electrons. The van der Waals surface area contributed by atoms with Crippen LogP contribution in [0, 0.1) is 3.57 Å². The molecule has 0 bridgehead atoms. The van der Waals surface area contributed by atoms with Crippen LogP contribution < -0.4 is 5.32 Å². The topological polar surface area (TPSA) is 55.4 Å². The second-order valence-corrected chi connectivity index (χ2v) is 5.95. The summed E-state index contributed by atoms with van der Waals surface area (Å²) in [6.07, 6.45) is 0.706. The van der Waals surface area contributed by atoms with Crippen molar-refractivity contribution >= 4 is 34.5 Å². The van der Waals surface area contributed by atoms with E-state index < -0.39 is 0 Å². The molecule has 0 fully saturated rings. The fourth-order valence-corrected chi connectivity index (χ4v) is 2.31. The molecule has 0 aromatic heterocycles. The molecule has 0 spiro atoms. The number of esters is 1. The van der Waals surface area contributed by atoms with E-state index in [1.54, 1.807) is 12.1 Å². The van der Waals surface area contributed by atoms with Crippen LogP contribution in [-0.2, 0) is 11.2 Å². The lowest BCUT2D eigenvalue weighted by Crippen LogP contribution is -2.25. The summed E-state index contributed by atoms with van der Waals surface area (Å²) in [5.41, 5.74) is 2.23. The van der Waals surface area contributed by atoms with Crippen molar-refractivity contribution in [2.24, 2.45) is 0 Å². The van der Waals surface area contributed by atoms with E-state index in [1.165, 1.54) is 7.11 Å². The lowest BCUT2D eigenvalue weighted by atomic mass is 10.1. The molecule has 0 unspecified atom stereocenters. The average molecular weight is 409 g/mol. The molecule has 0 aliphatic rings. The van der Waals surface area contributed by atoms with Crippen LogP contribution in [-0.4, -0.2) is 25.5 Å². The Bertz CT molecular complexity index is 651. The predicted octanol–water partition coefficient (Wildman–Crippen LogP) is 3.05. The van der Waals surface area contributed by atoms with Gasteiger partial charge >= 0.3 is 5.97 Å². The molecule has 22 heavy (non-hydrogen) atoms. The van der Waals surface area contributed by atoms with Gasteiger partial charge in [0.1, 0.15) is 0 Å². The Morgan fingerprint density at radius 3 is 2.18 bits per heavy atom. The number of benzene rings is 2. The number of rotatable bonds is 5. The first kappa shape index (κ1) is 16.5. The predicted molar refractivity (Wildman–Crippen MR) is 93.0 cm³/mol. The van der Waals surface area contributed by atoms with Crippen LogP contribution in [0.5, 0.6) is 0 Å². The largest absolute Gasteiger partial charge is 0.465 e. The molecule has 4 nitrogen and oxygen atoms in total. The molecular weight excluding hydrogens is 393 g/mol.